The number of nitrogens with zero attached hydrogens (tertiary/aromatic N) is 1. The van der Waals surface area contributed by atoms with Gasteiger partial charge in [-0.2, -0.15) is 4.31 Å². The summed E-state index contributed by atoms with van der Waals surface area (Å²) in [5.41, 5.74) is 0.0942. The second kappa shape index (κ2) is 5.99. The zero-order valence-electron chi connectivity index (χ0n) is 11.3. The molecule has 3 nitrogen and oxygen atoms in total. The van der Waals surface area contributed by atoms with Crippen molar-refractivity contribution in [2.24, 2.45) is 0 Å². The van der Waals surface area contributed by atoms with Crippen LogP contribution < -0.4 is 0 Å². The summed E-state index contributed by atoms with van der Waals surface area (Å²) in [5.74, 6) is -1.15. The molecule has 0 aliphatic carbocycles. The molecule has 1 aliphatic heterocycles. The number of thiophene rings is 1. The van der Waals surface area contributed by atoms with Gasteiger partial charge in [0.05, 0.1) is 9.83 Å². The van der Waals surface area contributed by atoms with Crippen LogP contribution in [-0.2, 0) is 10.0 Å². The Morgan fingerprint density at radius 2 is 2.00 bits per heavy atom. The van der Waals surface area contributed by atoms with E-state index in [1.54, 1.807) is 6.07 Å². The molecule has 0 spiro atoms. The lowest BCUT2D eigenvalue weighted by atomic mass is 10.0. The van der Waals surface area contributed by atoms with Gasteiger partial charge in [0.1, 0.15) is 15.8 Å². The van der Waals surface area contributed by atoms with Crippen LogP contribution in [0.25, 0.3) is 0 Å². The van der Waals surface area contributed by atoms with E-state index >= 15 is 0 Å². The average Bonchev–Trinajstić information content (AvgIpc) is 3.10. The van der Waals surface area contributed by atoms with Crippen molar-refractivity contribution in [3.8, 4) is 0 Å². The van der Waals surface area contributed by atoms with Crippen LogP contribution in [0, 0.1) is 11.6 Å². The molecule has 1 fully saturated rings. The highest BCUT2D eigenvalue weighted by atomic mass is 79.9. The Morgan fingerprint density at radius 1 is 1.23 bits per heavy atom. The summed E-state index contributed by atoms with van der Waals surface area (Å²) in [6.45, 7) is 0.304. The summed E-state index contributed by atoms with van der Waals surface area (Å²) in [7, 11) is -3.71. The lowest BCUT2D eigenvalue weighted by Crippen LogP contribution is -2.30. The molecule has 2 heterocycles. The van der Waals surface area contributed by atoms with Crippen LogP contribution in [0.4, 0.5) is 8.78 Å². The number of halogens is 3. The highest BCUT2D eigenvalue weighted by molar-refractivity contribution is 9.11. The molecule has 1 saturated heterocycles. The zero-order chi connectivity index (χ0) is 15.9. The van der Waals surface area contributed by atoms with Gasteiger partial charge < -0.3 is 0 Å². The molecule has 3 rings (SSSR count). The minimum Gasteiger partial charge on any atom is -0.207 e. The molecular formula is C14H12BrF2NO2S2. The van der Waals surface area contributed by atoms with E-state index in [1.165, 1.54) is 10.4 Å². The Morgan fingerprint density at radius 3 is 2.68 bits per heavy atom. The zero-order valence-corrected chi connectivity index (χ0v) is 14.5. The van der Waals surface area contributed by atoms with E-state index in [2.05, 4.69) is 15.9 Å². The first-order valence-corrected chi connectivity index (χ1v) is 9.66. The van der Waals surface area contributed by atoms with Crippen LogP contribution >= 0.6 is 27.3 Å². The third-order valence-corrected chi connectivity index (χ3v) is 7.63. The van der Waals surface area contributed by atoms with E-state index in [1.807, 2.05) is 0 Å². The lowest BCUT2D eigenvalue weighted by Gasteiger charge is -2.24. The van der Waals surface area contributed by atoms with Gasteiger partial charge in [0, 0.05) is 12.1 Å². The maximum Gasteiger partial charge on any atom is 0.253 e. The maximum atomic E-state index is 14.0. The molecule has 1 atom stereocenters. The topological polar surface area (TPSA) is 37.4 Å². The SMILES string of the molecule is O=S(=O)(c1ccc(Br)s1)N1CCCC1c1cc(F)ccc1F. The van der Waals surface area contributed by atoms with Crippen LogP contribution in [0.5, 0.6) is 0 Å². The number of rotatable bonds is 3. The van der Waals surface area contributed by atoms with E-state index in [-0.39, 0.29) is 9.77 Å². The van der Waals surface area contributed by atoms with Gasteiger partial charge in [-0.1, -0.05) is 0 Å². The first-order valence-electron chi connectivity index (χ1n) is 6.62. The van der Waals surface area contributed by atoms with Gasteiger partial charge in [0.25, 0.3) is 10.0 Å². The fourth-order valence-electron chi connectivity index (χ4n) is 2.66. The molecule has 22 heavy (non-hydrogen) atoms. The monoisotopic (exact) mass is 407 g/mol. The highest BCUT2D eigenvalue weighted by Gasteiger charge is 2.38. The van der Waals surface area contributed by atoms with Crippen LogP contribution in [0.1, 0.15) is 24.4 Å². The molecular weight excluding hydrogens is 396 g/mol. The Balaban J connectivity index is 2.02. The molecule has 0 saturated carbocycles. The maximum absolute atomic E-state index is 14.0. The fraction of sp³-hybridized carbons (Fsp3) is 0.286. The third kappa shape index (κ3) is 2.84. The Bertz CT molecular complexity index is 807. The molecule has 0 radical (unpaired) electrons. The van der Waals surface area contributed by atoms with E-state index in [4.69, 9.17) is 0 Å². The van der Waals surface area contributed by atoms with E-state index in [0.29, 0.717) is 23.2 Å². The molecule has 1 aromatic carbocycles. The predicted octanol–water partition coefficient (Wildman–Crippen LogP) is 4.31. The summed E-state index contributed by atoms with van der Waals surface area (Å²) in [6.07, 6.45) is 1.10. The smallest absolute Gasteiger partial charge is 0.207 e. The Hall–Kier alpha value is -0.830. The van der Waals surface area contributed by atoms with Crippen molar-refractivity contribution < 1.29 is 17.2 Å². The van der Waals surface area contributed by atoms with Crippen LogP contribution in [0.2, 0.25) is 0 Å². The van der Waals surface area contributed by atoms with Crippen LogP contribution in [0.3, 0.4) is 0 Å². The number of benzene rings is 1. The second-order valence-electron chi connectivity index (χ2n) is 5.00. The van der Waals surface area contributed by atoms with Gasteiger partial charge >= 0.3 is 0 Å². The van der Waals surface area contributed by atoms with Gasteiger partial charge in [0.2, 0.25) is 0 Å². The minimum atomic E-state index is -3.71. The molecule has 1 unspecified atom stereocenters. The normalized spacial score (nSPS) is 19.7. The van der Waals surface area contributed by atoms with Gasteiger partial charge in [-0.05, 0) is 59.1 Å². The summed E-state index contributed by atoms with van der Waals surface area (Å²) in [6, 6.07) is 5.66. The summed E-state index contributed by atoms with van der Waals surface area (Å²) < 4.78 is 55.0. The molecule has 0 bridgehead atoms. The molecule has 1 aliphatic rings. The van der Waals surface area contributed by atoms with Crippen molar-refractivity contribution in [2.45, 2.75) is 23.1 Å². The van der Waals surface area contributed by atoms with E-state index < -0.39 is 27.7 Å². The average molecular weight is 408 g/mol. The fourth-order valence-corrected chi connectivity index (χ4v) is 6.47. The van der Waals surface area contributed by atoms with Crippen LogP contribution in [0.15, 0.2) is 38.3 Å². The van der Waals surface area contributed by atoms with Gasteiger partial charge in [0.15, 0.2) is 0 Å². The molecule has 2 aromatic rings. The van der Waals surface area contributed by atoms with E-state index in [9.17, 15) is 17.2 Å². The van der Waals surface area contributed by atoms with Crippen molar-refractivity contribution in [1.29, 1.82) is 0 Å². The van der Waals surface area contributed by atoms with Gasteiger partial charge in [-0.15, -0.1) is 11.3 Å². The van der Waals surface area contributed by atoms with Crippen molar-refractivity contribution in [3.63, 3.8) is 0 Å². The molecule has 8 heteroatoms. The van der Waals surface area contributed by atoms with Gasteiger partial charge in [-0.25, -0.2) is 17.2 Å². The summed E-state index contributed by atoms with van der Waals surface area (Å²) >= 11 is 4.35. The molecule has 0 N–H and O–H groups in total. The largest absolute Gasteiger partial charge is 0.253 e. The molecule has 0 amide bonds. The standard InChI is InChI=1S/C14H12BrF2NO2S2/c15-13-5-6-14(21-13)22(19,20)18-7-1-2-12(18)10-8-9(16)3-4-11(10)17/h3-6,8,12H,1-2,7H2. The quantitative estimate of drug-likeness (QED) is 0.759. The highest BCUT2D eigenvalue weighted by Crippen LogP contribution is 2.39. The van der Waals surface area contributed by atoms with Crippen molar-refractivity contribution in [2.75, 3.05) is 6.54 Å². The second-order valence-corrected chi connectivity index (χ2v) is 9.58. The van der Waals surface area contributed by atoms with Crippen LogP contribution in [-0.4, -0.2) is 19.3 Å². The number of hydrogen-bond donors (Lipinski definition) is 0. The van der Waals surface area contributed by atoms with Crippen molar-refractivity contribution in [1.82, 2.24) is 4.31 Å². The summed E-state index contributed by atoms with van der Waals surface area (Å²) in [4.78, 5) is 0. The molecule has 118 valence electrons. The first kappa shape index (κ1) is 16.0. The number of sulfonamides is 1. The van der Waals surface area contributed by atoms with E-state index in [0.717, 1.165) is 29.5 Å². The van der Waals surface area contributed by atoms with Crippen molar-refractivity contribution in [3.05, 3.63) is 51.3 Å². The summed E-state index contributed by atoms with van der Waals surface area (Å²) in [5, 5.41) is 0. The molecule has 1 aromatic heterocycles. The Labute approximate surface area is 139 Å². The Kier molecular flexibility index (Phi) is 4.37. The number of hydrogen-bond acceptors (Lipinski definition) is 3. The first-order chi connectivity index (χ1) is 10.4. The minimum absolute atomic E-state index is 0.0942. The van der Waals surface area contributed by atoms with Gasteiger partial charge in [-0.3, -0.25) is 0 Å². The lowest BCUT2D eigenvalue weighted by molar-refractivity contribution is 0.385. The van der Waals surface area contributed by atoms with Crippen molar-refractivity contribution >= 4 is 37.3 Å². The predicted molar refractivity (Wildman–Crippen MR) is 84.2 cm³/mol. The third-order valence-electron chi connectivity index (χ3n) is 3.63.